The molecule has 0 aliphatic heterocycles. The lowest BCUT2D eigenvalue weighted by atomic mass is 10.1. The predicted octanol–water partition coefficient (Wildman–Crippen LogP) is 3.68. The summed E-state index contributed by atoms with van der Waals surface area (Å²) in [5, 5.41) is 4.39. The van der Waals surface area contributed by atoms with Crippen molar-refractivity contribution in [3.8, 4) is 5.75 Å². The number of methoxy groups -OCH3 is 1. The van der Waals surface area contributed by atoms with Crippen LogP contribution in [0.1, 0.15) is 25.1 Å². The van der Waals surface area contributed by atoms with Crippen molar-refractivity contribution in [1.29, 1.82) is 0 Å². The topological polar surface area (TPSA) is 52.5 Å². The smallest absolute Gasteiger partial charge is 0.332 e. The Morgan fingerprint density at radius 3 is 2.65 bits per heavy atom. The van der Waals surface area contributed by atoms with Gasteiger partial charge in [-0.25, -0.2) is 4.79 Å². The number of benzene rings is 1. The van der Waals surface area contributed by atoms with Gasteiger partial charge in [0.1, 0.15) is 5.75 Å². The number of rotatable bonds is 5. The zero-order valence-corrected chi connectivity index (χ0v) is 14.6. The summed E-state index contributed by atoms with van der Waals surface area (Å²) < 4.78 is 12.6. The number of hydrogen-bond donors (Lipinski definition) is 1. The maximum absolute atomic E-state index is 11.5. The third kappa shape index (κ3) is 3.33. The first-order valence-corrected chi connectivity index (χ1v) is 7.64. The van der Waals surface area contributed by atoms with Crippen LogP contribution in [0.3, 0.4) is 0 Å². The highest BCUT2D eigenvalue weighted by molar-refractivity contribution is 5.91. The molecule has 0 spiro atoms. The largest absolute Gasteiger partial charge is 0.495 e. The molecule has 23 heavy (non-hydrogen) atoms. The maximum atomic E-state index is 11.5. The fourth-order valence-corrected chi connectivity index (χ4v) is 2.65. The lowest BCUT2D eigenvalue weighted by Gasteiger charge is -2.13. The second-order valence-corrected chi connectivity index (χ2v) is 5.54. The number of aromatic nitrogens is 1. The van der Waals surface area contributed by atoms with Crippen molar-refractivity contribution >= 4 is 22.6 Å². The van der Waals surface area contributed by atoms with Crippen molar-refractivity contribution in [2.24, 2.45) is 7.05 Å². The molecule has 5 nitrogen and oxygen atoms in total. The Hall–Kier alpha value is -2.43. The Morgan fingerprint density at radius 2 is 2.04 bits per heavy atom. The Bertz CT molecular complexity index is 772. The van der Waals surface area contributed by atoms with E-state index < -0.39 is 0 Å². The van der Waals surface area contributed by atoms with Crippen LogP contribution in [0, 0.1) is 13.8 Å². The number of aryl methyl sites for hydroxylation is 2. The molecule has 1 aromatic carbocycles. The Labute approximate surface area is 136 Å². The molecule has 1 N–H and O–H groups in total. The normalized spacial score (nSPS) is 11.7. The molecule has 2 rings (SSSR count). The lowest BCUT2D eigenvalue weighted by molar-refractivity contribution is -0.137. The number of esters is 1. The molecular weight excluding hydrogens is 292 g/mol. The van der Waals surface area contributed by atoms with E-state index in [9.17, 15) is 4.79 Å². The zero-order chi connectivity index (χ0) is 17.1. The second-order valence-electron chi connectivity index (χ2n) is 5.54. The van der Waals surface area contributed by atoms with Crippen LogP contribution in [0.25, 0.3) is 10.9 Å². The second kappa shape index (κ2) is 6.77. The molecule has 0 fully saturated rings. The summed E-state index contributed by atoms with van der Waals surface area (Å²) in [7, 11) is 3.68. The number of carbonyl (C=O) groups excluding carboxylic acids is 1. The minimum Gasteiger partial charge on any atom is -0.495 e. The molecule has 0 bridgehead atoms. The van der Waals surface area contributed by atoms with E-state index in [1.54, 1.807) is 14.0 Å². The molecule has 0 amide bonds. The fourth-order valence-electron chi connectivity index (χ4n) is 2.65. The molecule has 1 aromatic heterocycles. The van der Waals surface area contributed by atoms with E-state index in [1.807, 2.05) is 26.1 Å². The van der Waals surface area contributed by atoms with Gasteiger partial charge in [-0.15, -0.1) is 0 Å². The monoisotopic (exact) mass is 316 g/mol. The van der Waals surface area contributed by atoms with Crippen molar-refractivity contribution in [2.45, 2.75) is 27.7 Å². The van der Waals surface area contributed by atoms with E-state index in [0.29, 0.717) is 12.3 Å². The van der Waals surface area contributed by atoms with E-state index in [2.05, 4.69) is 23.7 Å². The van der Waals surface area contributed by atoms with Gasteiger partial charge in [-0.05, 0) is 45.4 Å². The molecule has 0 saturated heterocycles. The van der Waals surface area contributed by atoms with E-state index in [4.69, 9.17) is 9.47 Å². The van der Waals surface area contributed by atoms with Crippen molar-refractivity contribution in [3.05, 3.63) is 35.2 Å². The molecule has 0 atom stereocenters. The van der Waals surface area contributed by atoms with Crippen molar-refractivity contribution in [1.82, 2.24) is 4.57 Å². The van der Waals surface area contributed by atoms with Gasteiger partial charge in [-0.2, -0.15) is 0 Å². The lowest BCUT2D eigenvalue weighted by Crippen LogP contribution is -2.05. The Kier molecular flexibility index (Phi) is 4.98. The highest BCUT2D eigenvalue weighted by Crippen LogP contribution is 2.34. The number of nitrogens with one attached hydrogen (secondary N) is 1. The number of allylic oxidation sites excluding steroid dienone is 1. The molecule has 2 aromatic rings. The van der Waals surface area contributed by atoms with Gasteiger partial charge < -0.3 is 19.4 Å². The van der Waals surface area contributed by atoms with Crippen LogP contribution in [0.5, 0.6) is 5.75 Å². The standard InChI is InChI=1S/C18H24N2O3/c1-7-23-18(21)8-11(2)19-15-10-16-14(9-17(15)22-6)12(3)13(4)20(16)5/h8-10,19H,7H2,1-6H3/b11-8+. The summed E-state index contributed by atoms with van der Waals surface area (Å²) in [6.45, 7) is 8.17. The van der Waals surface area contributed by atoms with Gasteiger partial charge in [0, 0.05) is 29.9 Å². The van der Waals surface area contributed by atoms with Crippen LogP contribution in [-0.4, -0.2) is 24.3 Å². The third-order valence-electron chi connectivity index (χ3n) is 4.08. The molecule has 0 radical (unpaired) electrons. The van der Waals surface area contributed by atoms with E-state index in [-0.39, 0.29) is 5.97 Å². The maximum Gasteiger partial charge on any atom is 0.332 e. The number of ether oxygens (including phenoxy) is 2. The molecule has 0 unspecified atom stereocenters. The van der Waals surface area contributed by atoms with Crippen LogP contribution in [-0.2, 0) is 16.6 Å². The van der Waals surface area contributed by atoms with Crippen molar-refractivity contribution in [2.75, 3.05) is 19.0 Å². The Balaban J connectivity index is 2.44. The van der Waals surface area contributed by atoms with Crippen molar-refractivity contribution < 1.29 is 14.3 Å². The van der Waals surface area contributed by atoms with Crippen LogP contribution < -0.4 is 10.1 Å². The number of carbonyl (C=O) groups is 1. The number of anilines is 1. The van der Waals surface area contributed by atoms with Crippen LogP contribution >= 0.6 is 0 Å². The van der Waals surface area contributed by atoms with Gasteiger partial charge in [0.2, 0.25) is 0 Å². The van der Waals surface area contributed by atoms with Gasteiger partial charge in [0.05, 0.1) is 24.9 Å². The van der Waals surface area contributed by atoms with Gasteiger partial charge in [0.25, 0.3) is 0 Å². The van der Waals surface area contributed by atoms with E-state index in [1.165, 1.54) is 22.7 Å². The molecule has 0 saturated carbocycles. The molecule has 0 aliphatic carbocycles. The summed E-state index contributed by atoms with van der Waals surface area (Å²) >= 11 is 0. The highest BCUT2D eigenvalue weighted by Gasteiger charge is 2.13. The van der Waals surface area contributed by atoms with Gasteiger partial charge in [0.15, 0.2) is 0 Å². The zero-order valence-electron chi connectivity index (χ0n) is 14.6. The average Bonchev–Trinajstić information content (AvgIpc) is 2.71. The SMILES string of the molecule is CCOC(=O)/C=C(\C)Nc1cc2c(cc1OC)c(C)c(C)n2C. The fraction of sp³-hybridized carbons (Fsp3) is 0.389. The van der Waals surface area contributed by atoms with E-state index >= 15 is 0 Å². The third-order valence-corrected chi connectivity index (χ3v) is 4.08. The minimum absolute atomic E-state index is 0.358. The number of hydrogen-bond acceptors (Lipinski definition) is 4. The van der Waals surface area contributed by atoms with Crippen LogP contribution in [0.4, 0.5) is 5.69 Å². The molecule has 5 heteroatoms. The minimum atomic E-state index is -0.358. The first kappa shape index (κ1) is 16.9. The molecule has 124 valence electrons. The van der Waals surface area contributed by atoms with E-state index in [0.717, 1.165) is 17.0 Å². The quantitative estimate of drug-likeness (QED) is 0.675. The highest BCUT2D eigenvalue weighted by atomic mass is 16.5. The molecular formula is C18H24N2O3. The summed E-state index contributed by atoms with van der Waals surface area (Å²) in [5.41, 5.74) is 5.10. The average molecular weight is 316 g/mol. The summed E-state index contributed by atoms with van der Waals surface area (Å²) in [4.78, 5) is 11.5. The van der Waals surface area contributed by atoms with Gasteiger partial charge in [-0.3, -0.25) is 0 Å². The Morgan fingerprint density at radius 1 is 1.35 bits per heavy atom. The van der Waals surface area contributed by atoms with Crippen LogP contribution in [0.15, 0.2) is 23.9 Å². The molecule has 0 aliphatic rings. The van der Waals surface area contributed by atoms with Crippen LogP contribution in [0.2, 0.25) is 0 Å². The number of fused-ring (bicyclic) bond motifs is 1. The summed E-state index contributed by atoms with van der Waals surface area (Å²) in [6.07, 6.45) is 1.44. The summed E-state index contributed by atoms with van der Waals surface area (Å²) in [5.74, 6) is 0.380. The van der Waals surface area contributed by atoms with Gasteiger partial charge in [-0.1, -0.05) is 0 Å². The number of nitrogens with zero attached hydrogens (tertiary/aromatic N) is 1. The first-order valence-electron chi connectivity index (χ1n) is 7.64. The molecule has 1 heterocycles. The first-order chi connectivity index (χ1) is 10.9. The predicted molar refractivity (Wildman–Crippen MR) is 93.0 cm³/mol. The van der Waals surface area contributed by atoms with Crippen molar-refractivity contribution in [3.63, 3.8) is 0 Å². The van der Waals surface area contributed by atoms with Gasteiger partial charge >= 0.3 is 5.97 Å². The summed E-state index contributed by atoms with van der Waals surface area (Å²) in [6, 6.07) is 4.06.